The number of furan rings is 1. The second-order valence-corrected chi connectivity index (χ2v) is 4.53. The second kappa shape index (κ2) is 3.67. The Morgan fingerprint density at radius 2 is 2.25 bits per heavy atom. The van der Waals surface area contributed by atoms with Gasteiger partial charge in [-0.25, -0.2) is 0 Å². The normalized spacial score (nSPS) is 29.2. The lowest BCUT2D eigenvalue weighted by Crippen LogP contribution is -2.34. The number of rotatable bonds is 1. The minimum atomic E-state index is -0.943. The molecule has 2 aliphatic rings. The molecule has 3 nitrogen and oxygen atoms in total. The van der Waals surface area contributed by atoms with Gasteiger partial charge in [0.2, 0.25) is 0 Å². The maximum Gasteiger partial charge on any atom is 0.149 e. The minimum Gasteiger partial charge on any atom is -0.495 e. The summed E-state index contributed by atoms with van der Waals surface area (Å²) in [4.78, 5) is 0. The zero-order chi connectivity index (χ0) is 11.0. The van der Waals surface area contributed by atoms with Crippen LogP contribution in [-0.4, -0.2) is 11.7 Å². The SMILES string of the molecule is OC1(C2=CCCCO2)CCCc2occc21. The van der Waals surface area contributed by atoms with Crippen molar-refractivity contribution < 1.29 is 14.3 Å². The first-order valence-corrected chi connectivity index (χ1v) is 5.93. The first-order chi connectivity index (χ1) is 7.81. The molecule has 1 atom stereocenters. The Morgan fingerprint density at radius 1 is 1.31 bits per heavy atom. The monoisotopic (exact) mass is 220 g/mol. The molecule has 0 saturated heterocycles. The Labute approximate surface area is 94.7 Å². The van der Waals surface area contributed by atoms with E-state index < -0.39 is 5.60 Å². The highest BCUT2D eigenvalue weighted by Gasteiger charge is 2.41. The number of aryl methyl sites for hydroxylation is 1. The van der Waals surface area contributed by atoms with Crippen LogP contribution in [0.2, 0.25) is 0 Å². The van der Waals surface area contributed by atoms with Crippen LogP contribution in [0.5, 0.6) is 0 Å². The molecule has 0 aromatic carbocycles. The molecule has 0 saturated carbocycles. The fourth-order valence-corrected chi connectivity index (χ4v) is 2.64. The van der Waals surface area contributed by atoms with Crippen molar-refractivity contribution in [3.8, 4) is 0 Å². The third-order valence-electron chi connectivity index (χ3n) is 3.48. The van der Waals surface area contributed by atoms with Crippen LogP contribution in [0.1, 0.15) is 37.0 Å². The van der Waals surface area contributed by atoms with Crippen molar-refractivity contribution >= 4 is 0 Å². The average Bonchev–Trinajstić information content (AvgIpc) is 2.80. The van der Waals surface area contributed by atoms with Gasteiger partial charge in [0.05, 0.1) is 12.9 Å². The molecule has 1 unspecified atom stereocenters. The molecule has 0 bridgehead atoms. The lowest BCUT2D eigenvalue weighted by molar-refractivity contribution is -0.0138. The number of ether oxygens (including phenoxy) is 1. The predicted octanol–water partition coefficient (Wildman–Crippen LogP) is 2.50. The highest BCUT2D eigenvalue weighted by Crippen LogP contribution is 2.42. The predicted molar refractivity (Wildman–Crippen MR) is 58.8 cm³/mol. The van der Waals surface area contributed by atoms with Gasteiger partial charge in [0.1, 0.15) is 17.1 Å². The first kappa shape index (κ1) is 9.97. The topological polar surface area (TPSA) is 42.6 Å². The lowest BCUT2D eigenvalue weighted by atomic mass is 9.81. The molecule has 1 aromatic heterocycles. The van der Waals surface area contributed by atoms with Crippen molar-refractivity contribution in [1.82, 2.24) is 0 Å². The van der Waals surface area contributed by atoms with Crippen LogP contribution in [0.4, 0.5) is 0 Å². The molecule has 3 heteroatoms. The molecule has 86 valence electrons. The van der Waals surface area contributed by atoms with Crippen LogP contribution in [0.3, 0.4) is 0 Å². The maximum absolute atomic E-state index is 10.8. The Kier molecular flexibility index (Phi) is 2.28. The average molecular weight is 220 g/mol. The molecule has 0 fully saturated rings. The molecular weight excluding hydrogens is 204 g/mol. The van der Waals surface area contributed by atoms with Gasteiger partial charge in [-0.05, 0) is 37.8 Å². The minimum absolute atomic E-state index is 0.710. The zero-order valence-corrected chi connectivity index (χ0v) is 9.24. The molecule has 0 radical (unpaired) electrons. The fourth-order valence-electron chi connectivity index (χ4n) is 2.64. The lowest BCUT2D eigenvalue weighted by Gasteiger charge is -2.34. The van der Waals surface area contributed by atoms with Crippen LogP contribution in [0.25, 0.3) is 0 Å². The second-order valence-electron chi connectivity index (χ2n) is 4.53. The van der Waals surface area contributed by atoms with E-state index in [4.69, 9.17) is 9.15 Å². The maximum atomic E-state index is 10.8. The Bertz CT molecular complexity index is 419. The summed E-state index contributed by atoms with van der Waals surface area (Å²) in [6.45, 7) is 0.710. The first-order valence-electron chi connectivity index (χ1n) is 5.93. The van der Waals surface area contributed by atoms with E-state index in [-0.39, 0.29) is 0 Å². The summed E-state index contributed by atoms with van der Waals surface area (Å²) in [7, 11) is 0. The third-order valence-corrected chi connectivity index (χ3v) is 3.48. The van der Waals surface area contributed by atoms with Gasteiger partial charge < -0.3 is 14.3 Å². The van der Waals surface area contributed by atoms with Crippen LogP contribution in [0.15, 0.2) is 28.6 Å². The number of fused-ring (bicyclic) bond motifs is 1. The molecule has 3 rings (SSSR count). The standard InChI is InChI=1S/C13H16O3/c14-13(12-5-1-2-8-16-12)7-3-4-11-10(13)6-9-15-11/h5-6,9,14H,1-4,7-8H2. The Hall–Kier alpha value is -1.22. The number of hydrogen-bond donors (Lipinski definition) is 1. The number of aliphatic hydroxyl groups is 1. The molecule has 2 heterocycles. The Morgan fingerprint density at radius 3 is 3.06 bits per heavy atom. The Balaban J connectivity index is 2.03. The highest BCUT2D eigenvalue weighted by molar-refractivity contribution is 5.35. The van der Waals surface area contributed by atoms with E-state index >= 15 is 0 Å². The van der Waals surface area contributed by atoms with Crippen LogP contribution in [0, 0.1) is 0 Å². The smallest absolute Gasteiger partial charge is 0.149 e. The summed E-state index contributed by atoms with van der Waals surface area (Å²) < 4.78 is 11.0. The largest absolute Gasteiger partial charge is 0.495 e. The van der Waals surface area contributed by atoms with Gasteiger partial charge in [0, 0.05) is 12.0 Å². The van der Waals surface area contributed by atoms with Gasteiger partial charge in [-0.2, -0.15) is 0 Å². The van der Waals surface area contributed by atoms with E-state index in [1.807, 2.05) is 12.1 Å². The zero-order valence-electron chi connectivity index (χ0n) is 9.24. The molecular formula is C13H16O3. The van der Waals surface area contributed by atoms with Gasteiger partial charge in [-0.15, -0.1) is 0 Å². The highest BCUT2D eigenvalue weighted by atomic mass is 16.5. The summed E-state index contributed by atoms with van der Waals surface area (Å²) in [6, 6.07) is 1.87. The molecule has 1 aromatic rings. The van der Waals surface area contributed by atoms with Crippen molar-refractivity contribution in [1.29, 1.82) is 0 Å². The molecule has 0 amide bonds. The van der Waals surface area contributed by atoms with Gasteiger partial charge in [0.25, 0.3) is 0 Å². The number of allylic oxidation sites excluding steroid dienone is 1. The summed E-state index contributed by atoms with van der Waals surface area (Å²) in [5.74, 6) is 1.63. The molecule has 1 aliphatic carbocycles. The quantitative estimate of drug-likeness (QED) is 0.790. The van der Waals surface area contributed by atoms with Crippen molar-refractivity contribution in [3.63, 3.8) is 0 Å². The summed E-state index contributed by atoms with van der Waals surface area (Å²) >= 11 is 0. The fraction of sp³-hybridized carbons (Fsp3) is 0.538. The van der Waals surface area contributed by atoms with E-state index in [1.54, 1.807) is 6.26 Å². The van der Waals surface area contributed by atoms with E-state index in [2.05, 4.69) is 0 Å². The van der Waals surface area contributed by atoms with Crippen molar-refractivity contribution in [2.45, 2.75) is 37.7 Å². The van der Waals surface area contributed by atoms with E-state index in [0.717, 1.165) is 49.2 Å². The summed E-state index contributed by atoms with van der Waals surface area (Å²) in [5, 5.41) is 10.8. The van der Waals surface area contributed by atoms with Crippen molar-refractivity contribution in [2.75, 3.05) is 6.61 Å². The van der Waals surface area contributed by atoms with Crippen LogP contribution in [-0.2, 0) is 16.8 Å². The van der Waals surface area contributed by atoms with Crippen LogP contribution >= 0.6 is 0 Å². The van der Waals surface area contributed by atoms with Gasteiger partial charge in [-0.3, -0.25) is 0 Å². The molecule has 1 N–H and O–H groups in total. The van der Waals surface area contributed by atoms with Gasteiger partial charge in [0.15, 0.2) is 0 Å². The van der Waals surface area contributed by atoms with E-state index in [1.165, 1.54) is 0 Å². The summed E-state index contributed by atoms with van der Waals surface area (Å²) in [6.07, 6.45) is 8.29. The van der Waals surface area contributed by atoms with Crippen molar-refractivity contribution in [3.05, 3.63) is 35.5 Å². The van der Waals surface area contributed by atoms with Crippen LogP contribution < -0.4 is 0 Å². The summed E-state index contributed by atoms with van der Waals surface area (Å²) in [5.41, 5.74) is -0.0482. The molecule has 16 heavy (non-hydrogen) atoms. The number of hydrogen-bond acceptors (Lipinski definition) is 3. The van der Waals surface area contributed by atoms with E-state index in [0.29, 0.717) is 6.61 Å². The molecule has 1 aliphatic heterocycles. The van der Waals surface area contributed by atoms with Crippen molar-refractivity contribution in [2.24, 2.45) is 0 Å². The molecule has 0 spiro atoms. The van der Waals surface area contributed by atoms with Gasteiger partial charge in [-0.1, -0.05) is 0 Å². The third kappa shape index (κ3) is 1.39. The van der Waals surface area contributed by atoms with Gasteiger partial charge >= 0.3 is 0 Å². The van der Waals surface area contributed by atoms with E-state index in [9.17, 15) is 5.11 Å².